The van der Waals surface area contributed by atoms with Gasteiger partial charge in [0.25, 0.3) is 0 Å². The Bertz CT molecular complexity index is 975. The van der Waals surface area contributed by atoms with Crippen molar-refractivity contribution < 1.29 is 9.84 Å². The van der Waals surface area contributed by atoms with E-state index in [-0.39, 0.29) is 12.0 Å². The fourth-order valence-corrected chi connectivity index (χ4v) is 4.44. The number of aromatic hydroxyl groups is 1. The fraction of sp³-hybridized carbons (Fsp3) is 0.429. The molecule has 2 fully saturated rings. The third kappa shape index (κ3) is 3.18. The molecule has 8 nitrogen and oxygen atoms in total. The van der Waals surface area contributed by atoms with Gasteiger partial charge in [0.1, 0.15) is 11.6 Å². The van der Waals surface area contributed by atoms with Crippen LogP contribution >= 0.6 is 0 Å². The van der Waals surface area contributed by atoms with Crippen LogP contribution in [-0.2, 0) is 11.8 Å². The van der Waals surface area contributed by atoms with Crippen LogP contribution in [0.25, 0.3) is 5.70 Å². The molecule has 0 spiro atoms. The summed E-state index contributed by atoms with van der Waals surface area (Å²) in [6.07, 6.45) is 2.74. The standard InChI is InChI=1S/C21H26N6O2/c1-24-8-7-18(23-24)27-9-6-17-19(15-4-3-5-16(28)14-15)25(2)21(22-20(17)27)26-10-12-29-13-11-26/h3-5,7-8,14,21,28H,6,9-13H2,1-2H3. The van der Waals surface area contributed by atoms with Crippen molar-refractivity contribution >= 4 is 17.4 Å². The van der Waals surface area contributed by atoms with E-state index in [0.29, 0.717) is 0 Å². The predicted octanol–water partition coefficient (Wildman–Crippen LogP) is 1.71. The van der Waals surface area contributed by atoms with Gasteiger partial charge >= 0.3 is 0 Å². The summed E-state index contributed by atoms with van der Waals surface area (Å²) in [5, 5.41) is 14.7. The van der Waals surface area contributed by atoms with Crippen LogP contribution in [0.2, 0.25) is 0 Å². The lowest BCUT2D eigenvalue weighted by atomic mass is 10.0. The molecule has 1 atom stereocenters. The number of fused-ring (bicyclic) bond motifs is 1. The zero-order valence-electron chi connectivity index (χ0n) is 16.8. The summed E-state index contributed by atoms with van der Waals surface area (Å²) in [6, 6.07) is 9.53. The van der Waals surface area contributed by atoms with Crippen molar-refractivity contribution in [2.24, 2.45) is 12.0 Å². The van der Waals surface area contributed by atoms with Crippen molar-refractivity contribution in [3.05, 3.63) is 47.7 Å². The number of aliphatic imine (C=N–C) groups is 1. The van der Waals surface area contributed by atoms with Crippen molar-refractivity contribution in [2.75, 3.05) is 44.8 Å². The summed E-state index contributed by atoms with van der Waals surface area (Å²) < 4.78 is 7.38. The number of hydrogen-bond acceptors (Lipinski definition) is 7. The molecule has 2 aromatic rings. The van der Waals surface area contributed by atoms with Gasteiger partial charge in [0.05, 0.1) is 18.9 Å². The fourth-order valence-electron chi connectivity index (χ4n) is 4.44. The Hall–Kier alpha value is -2.84. The lowest BCUT2D eigenvalue weighted by Gasteiger charge is -2.42. The number of rotatable bonds is 3. The Morgan fingerprint density at radius 3 is 2.66 bits per heavy atom. The second-order valence-electron chi connectivity index (χ2n) is 7.69. The summed E-state index contributed by atoms with van der Waals surface area (Å²) in [4.78, 5) is 12.0. The number of aromatic nitrogens is 2. The van der Waals surface area contributed by atoms with Crippen LogP contribution in [0.5, 0.6) is 5.75 Å². The number of phenolic OH excluding ortho intramolecular Hbond substituents is 1. The van der Waals surface area contributed by atoms with Gasteiger partial charge in [-0.2, -0.15) is 5.10 Å². The van der Waals surface area contributed by atoms with E-state index in [1.807, 2.05) is 36.1 Å². The van der Waals surface area contributed by atoms with E-state index in [2.05, 4.69) is 32.9 Å². The van der Waals surface area contributed by atoms with Crippen LogP contribution in [0.4, 0.5) is 5.82 Å². The summed E-state index contributed by atoms with van der Waals surface area (Å²) in [6.45, 7) is 3.97. The zero-order chi connectivity index (χ0) is 20.0. The number of hydrogen-bond donors (Lipinski definition) is 1. The minimum Gasteiger partial charge on any atom is -0.508 e. The molecule has 1 aromatic carbocycles. The average Bonchev–Trinajstić information content (AvgIpc) is 3.34. The molecule has 29 heavy (non-hydrogen) atoms. The normalized spacial score (nSPS) is 22.8. The number of ether oxygens (including phenoxy) is 1. The van der Waals surface area contributed by atoms with Crippen molar-refractivity contribution in [3.8, 4) is 5.75 Å². The molecule has 1 aromatic heterocycles. The molecular formula is C21H26N6O2. The van der Waals surface area contributed by atoms with Gasteiger partial charge < -0.3 is 19.6 Å². The molecule has 3 aliphatic rings. The van der Waals surface area contributed by atoms with Gasteiger partial charge in [-0.05, 0) is 18.6 Å². The van der Waals surface area contributed by atoms with Gasteiger partial charge in [-0.15, -0.1) is 0 Å². The van der Waals surface area contributed by atoms with Crippen LogP contribution in [0.3, 0.4) is 0 Å². The van der Waals surface area contributed by atoms with Crippen LogP contribution in [0.15, 0.2) is 47.1 Å². The molecule has 0 saturated carbocycles. The highest BCUT2D eigenvalue weighted by atomic mass is 16.5. The number of amidine groups is 1. The van der Waals surface area contributed by atoms with Crippen LogP contribution < -0.4 is 4.90 Å². The number of aryl methyl sites for hydroxylation is 1. The van der Waals surface area contributed by atoms with E-state index in [1.165, 1.54) is 5.57 Å². The molecule has 8 heteroatoms. The van der Waals surface area contributed by atoms with E-state index >= 15 is 0 Å². The third-order valence-electron chi connectivity index (χ3n) is 5.80. The highest BCUT2D eigenvalue weighted by Gasteiger charge is 2.38. The Morgan fingerprint density at radius 2 is 1.93 bits per heavy atom. The summed E-state index contributed by atoms with van der Waals surface area (Å²) in [5.41, 5.74) is 3.34. The quantitative estimate of drug-likeness (QED) is 0.855. The van der Waals surface area contributed by atoms with Gasteiger partial charge in [0, 0.05) is 57.1 Å². The Balaban J connectivity index is 1.61. The third-order valence-corrected chi connectivity index (χ3v) is 5.80. The molecular weight excluding hydrogens is 368 g/mol. The lowest BCUT2D eigenvalue weighted by Crippen LogP contribution is -2.52. The van der Waals surface area contributed by atoms with E-state index in [9.17, 15) is 5.11 Å². The lowest BCUT2D eigenvalue weighted by molar-refractivity contribution is -0.00962. The summed E-state index contributed by atoms with van der Waals surface area (Å²) >= 11 is 0. The van der Waals surface area contributed by atoms with Gasteiger partial charge in [-0.3, -0.25) is 9.58 Å². The second-order valence-corrected chi connectivity index (χ2v) is 7.69. The molecule has 5 rings (SSSR count). The van der Waals surface area contributed by atoms with Gasteiger partial charge in [-0.25, -0.2) is 4.99 Å². The minimum absolute atomic E-state index is 0.112. The van der Waals surface area contributed by atoms with Crippen LogP contribution in [0.1, 0.15) is 12.0 Å². The zero-order valence-corrected chi connectivity index (χ0v) is 16.8. The second kappa shape index (κ2) is 7.20. The molecule has 1 unspecified atom stereocenters. The molecule has 0 radical (unpaired) electrons. The first-order chi connectivity index (χ1) is 14.1. The first kappa shape index (κ1) is 18.2. The number of benzene rings is 1. The largest absolute Gasteiger partial charge is 0.508 e. The van der Waals surface area contributed by atoms with Gasteiger partial charge in [-0.1, -0.05) is 12.1 Å². The Morgan fingerprint density at radius 1 is 1.10 bits per heavy atom. The molecule has 0 bridgehead atoms. The van der Waals surface area contributed by atoms with Crippen LogP contribution in [0, 0.1) is 0 Å². The van der Waals surface area contributed by atoms with E-state index < -0.39 is 0 Å². The number of phenols is 1. The molecule has 0 amide bonds. The van der Waals surface area contributed by atoms with Crippen molar-refractivity contribution in [1.29, 1.82) is 0 Å². The van der Waals surface area contributed by atoms with Gasteiger partial charge in [0.2, 0.25) is 0 Å². The van der Waals surface area contributed by atoms with E-state index in [0.717, 1.165) is 62.2 Å². The Labute approximate surface area is 170 Å². The molecule has 1 N–H and O–H groups in total. The predicted molar refractivity (Wildman–Crippen MR) is 112 cm³/mol. The maximum absolute atomic E-state index is 10.1. The van der Waals surface area contributed by atoms with Crippen molar-refractivity contribution in [1.82, 2.24) is 19.6 Å². The van der Waals surface area contributed by atoms with Crippen molar-refractivity contribution in [2.45, 2.75) is 12.7 Å². The highest BCUT2D eigenvalue weighted by molar-refractivity contribution is 6.16. The maximum Gasteiger partial charge on any atom is 0.181 e. The topological polar surface area (TPSA) is 69.4 Å². The molecule has 0 aliphatic carbocycles. The van der Waals surface area contributed by atoms with Crippen molar-refractivity contribution in [3.63, 3.8) is 0 Å². The minimum atomic E-state index is -0.112. The Kier molecular flexibility index (Phi) is 4.52. The SMILES string of the molecule is CN1C(c2cccc(O)c2)=C2CCN(c3ccn(C)n3)C2=NC1N1CCOCC1. The summed E-state index contributed by atoms with van der Waals surface area (Å²) in [7, 11) is 4.03. The molecule has 3 aliphatic heterocycles. The van der Waals surface area contributed by atoms with Gasteiger partial charge in [0.15, 0.2) is 12.1 Å². The molecule has 152 valence electrons. The molecule has 4 heterocycles. The van der Waals surface area contributed by atoms with E-state index in [4.69, 9.17) is 9.73 Å². The maximum atomic E-state index is 10.1. The average molecular weight is 394 g/mol. The number of anilines is 1. The smallest absolute Gasteiger partial charge is 0.181 e. The molecule has 2 saturated heterocycles. The first-order valence-corrected chi connectivity index (χ1v) is 10.0. The highest BCUT2D eigenvalue weighted by Crippen LogP contribution is 2.38. The number of morpholine rings is 1. The van der Waals surface area contributed by atoms with Crippen LogP contribution in [-0.4, -0.2) is 76.7 Å². The summed E-state index contributed by atoms with van der Waals surface area (Å²) in [5.74, 6) is 2.17. The monoisotopic (exact) mass is 394 g/mol. The number of nitrogens with zero attached hydrogens (tertiary/aromatic N) is 6. The first-order valence-electron chi connectivity index (χ1n) is 10.0. The van der Waals surface area contributed by atoms with E-state index in [1.54, 1.807) is 6.07 Å².